The number of ether oxygens (including phenoxy) is 2. The zero-order valence-electron chi connectivity index (χ0n) is 13.3. The molecule has 2 N–H and O–H groups in total. The van der Waals surface area contributed by atoms with Crippen molar-refractivity contribution in [2.75, 3.05) is 19.5 Å². The minimum atomic E-state index is -4.47. The third kappa shape index (κ3) is 4.31. The van der Waals surface area contributed by atoms with Crippen molar-refractivity contribution in [2.24, 2.45) is 0 Å². The fourth-order valence-electron chi connectivity index (χ4n) is 2.07. The summed E-state index contributed by atoms with van der Waals surface area (Å²) in [5, 5.41) is 0. The van der Waals surface area contributed by atoms with E-state index in [1.54, 1.807) is 19.9 Å². The second-order valence-corrected chi connectivity index (χ2v) is 4.54. The Balaban J connectivity index is 3.60. The van der Waals surface area contributed by atoms with Gasteiger partial charge in [0, 0.05) is 16.8 Å². The summed E-state index contributed by atoms with van der Waals surface area (Å²) in [7, 11) is 1.41. The molecule has 0 saturated carbocycles. The van der Waals surface area contributed by atoms with Crippen LogP contribution in [-0.4, -0.2) is 13.7 Å². The molecule has 0 saturated heterocycles. The molecule has 0 heterocycles. The molecule has 126 valence electrons. The molecule has 0 fully saturated rings. The summed E-state index contributed by atoms with van der Waals surface area (Å²) in [5.74, 6) is 0.678. The van der Waals surface area contributed by atoms with Crippen LogP contribution in [0, 0.1) is 0 Å². The van der Waals surface area contributed by atoms with E-state index in [9.17, 15) is 13.2 Å². The molecule has 0 radical (unpaired) electrons. The summed E-state index contributed by atoms with van der Waals surface area (Å²) >= 11 is 0. The third-order valence-electron chi connectivity index (χ3n) is 3.11. The highest BCUT2D eigenvalue weighted by Gasteiger charge is 2.31. The quantitative estimate of drug-likeness (QED) is 0.465. The summed E-state index contributed by atoms with van der Waals surface area (Å²) in [6.07, 6.45) is -1.41. The number of alkyl halides is 3. The largest absolute Gasteiger partial charge is 0.492 e. The van der Waals surface area contributed by atoms with Crippen molar-refractivity contribution < 1.29 is 22.6 Å². The number of rotatable bonds is 6. The maximum absolute atomic E-state index is 12.9. The normalized spacial score (nSPS) is 13.4. The van der Waals surface area contributed by atoms with Crippen LogP contribution in [0.5, 0.6) is 0 Å². The number of anilines is 1. The molecule has 1 aromatic rings. The van der Waals surface area contributed by atoms with Gasteiger partial charge < -0.3 is 15.2 Å². The van der Waals surface area contributed by atoms with Crippen molar-refractivity contribution in [3.8, 4) is 0 Å². The number of hydrogen-bond acceptors (Lipinski definition) is 3. The van der Waals surface area contributed by atoms with Crippen LogP contribution in [0.25, 0.3) is 5.57 Å². The van der Waals surface area contributed by atoms with Gasteiger partial charge in [-0.05, 0) is 38.1 Å². The van der Waals surface area contributed by atoms with Gasteiger partial charge >= 0.3 is 6.18 Å². The second kappa shape index (κ2) is 7.76. The third-order valence-corrected chi connectivity index (χ3v) is 3.11. The van der Waals surface area contributed by atoms with Crippen LogP contribution in [-0.2, 0) is 15.7 Å². The standard InChI is InChI=1S/C17H20F3NO2/c1-5-12(16(22-4)15(6-2)23-7-3)13-10-11(17(18,19)20)8-9-14(13)21/h5-6,8-10H,1,7,21H2,2-4H3/b15-6+,16-12-. The van der Waals surface area contributed by atoms with E-state index in [0.717, 1.165) is 12.1 Å². The van der Waals surface area contributed by atoms with Gasteiger partial charge in [-0.3, -0.25) is 0 Å². The van der Waals surface area contributed by atoms with Crippen molar-refractivity contribution >= 4 is 11.3 Å². The van der Waals surface area contributed by atoms with Crippen LogP contribution in [0.2, 0.25) is 0 Å². The van der Waals surface area contributed by atoms with Gasteiger partial charge in [0.15, 0.2) is 11.5 Å². The number of allylic oxidation sites excluding steroid dienone is 3. The molecule has 6 heteroatoms. The van der Waals surface area contributed by atoms with E-state index in [4.69, 9.17) is 15.2 Å². The Morgan fingerprint density at radius 2 is 2.00 bits per heavy atom. The van der Waals surface area contributed by atoms with E-state index in [0.29, 0.717) is 17.9 Å². The van der Waals surface area contributed by atoms with Gasteiger partial charge in [-0.25, -0.2) is 0 Å². The molecule has 0 aliphatic rings. The highest BCUT2D eigenvalue weighted by molar-refractivity contribution is 5.84. The van der Waals surface area contributed by atoms with E-state index >= 15 is 0 Å². The van der Waals surface area contributed by atoms with Gasteiger partial charge in [0.2, 0.25) is 0 Å². The van der Waals surface area contributed by atoms with Crippen LogP contribution in [0.3, 0.4) is 0 Å². The maximum atomic E-state index is 12.9. The lowest BCUT2D eigenvalue weighted by atomic mass is 9.99. The number of nitrogen functional groups attached to an aromatic ring is 1. The van der Waals surface area contributed by atoms with Crippen LogP contribution in [0.15, 0.2) is 48.4 Å². The summed E-state index contributed by atoms with van der Waals surface area (Å²) in [6.45, 7) is 7.57. The molecule has 0 spiro atoms. The average Bonchev–Trinajstić information content (AvgIpc) is 2.50. The fourth-order valence-corrected chi connectivity index (χ4v) is 2.07. The Bertz CT molecular complexity index is 631. The van der Waals surface area contributed by atoms with Crippen LogP contribution < -0.4 is 5.73 Å². The van der Waals surface area contributed by atoms with Crippen LogP contribution in [0.1, 0.15) is 25.0 Å². The van der Waals surface area contributed by atoms with Gasteiger partial charge in [0.05, 0.1) is 19.3 Å². The van der Waals surface area contributed by atoms with Gasteiger partial charge in [-0.2, -0.15) is 13.2 Å². The van der Waals surface area contributed by atoms with Crippen molar-refractivity contribution in [1.82, 2.24) is 0 Å². The molecule has 0 amide bonds. The zero-order chi connectivity index (χ0) is 17.6. The van der Waals surface area contributed by atoms with Gasteiger partial charge in [0.25, 0.3) is 0 Å². The first kappa shape index (κ1) is 18.7. The maximum Gasteiger partial charge on any atom is 0.416 e. The molecule has 0 bridgehead atoms. The SMILES string of the molecule is C=C/C(=C(OC)\C(=C/C)OCC)c1cc(C(F)(F)F)ccc1N. The van der Waals surface area contributed by atoms with Crippen molar-refractivity contribution in [3.63, 3.8) is 0 Å². The summed E-state index contributed by atoms with van der Waals surface area (Å²) in [5.41, 5.74) is 5.76. The lowest BCUT2D eigenvalue weighted by molar-refractivity contribution is -0.137. The number of methoxy groups -OCH3 is 1. The predicted octanol–water partition coefficient (Wildman–Crippen LogP) is 4.77. The first-order valence-electron chi connectivity index (χ1n) is 6.97. The second-order valence-electron chi connectivity index (χ2n) is 4.54. The van der Waals surface area contributed by atoms with E-state index in [1.807, 2.05) is 0 Å². The number of benzene rings is 1. The van der Waals surface area contributed by atoms with Gasteiger partial charge in [-0.1, -0.05) is 12.7 Å². The minimum absolute atomic E-state index is 0.186. The lowest BCUT2D eigenvalue weighted by Gasteiger charge is -2.17. The van der Waals surface area contributed by atoms with Crippen molar-refractivity contribution in [1.29, 1.82) is 0 Å². The van der Waals surface area contributed by atoms with Crippen molar-refractivity contribution in [3.05, 3.63) is 59.6 Å². The molecule has 0 atom stereocenters. The zero-order valence-corrected chi connectivity index (χ0v) is 13.3. The molecular weight excluding hydrogens is 307 g/mol. The van der Waals surface area contributed by atoms with Gasteiger partial charge in [-0.15, -0.1) is 0 Å². The smallest absolute Gasteiger partial charge is 0.416 e. The molecule has 1 rings (SSSR count). The van der Waals surface area contributed by atoms with Crippen LogP contribution >= 0.6 is 0 Å². The number of nitrogens with two attached hydrogens (primary N) is 1. The predicted molar refractivity (Wildman–Crippen MR) is 85.4 cm³/mol. The molecule has 23 heavy (non-hydrogen) atoms. The molecule has 0 aliphatic heterocycles. The van der Waals surface area contributed by atoms with E-state index < -0.39 is 11.7 Å². The van der Waals surface area contributed by atoms with E-state index in [-0.39, 0.29) is 17.0 Å². The highest BCUT2D eigenvalue weighted by atomic mass is 19.4. The summed E-state index contributed by atoms with van der Waals surface area (Å²) < 4.78 is 49.6. The van der Waals surface area contributed by atoms with Gasteiger partial charge in [0.1, 0.15) is 0 Å². The first-order valence-corrected chi connectivity index (χ1v) is 6.97. The molecular formula is C17H20F3NO2. The molecule has 3 nitrogen and oxygen atoms in total. The Morgan fingerprint density at radius 1 is 1.35 bits per heavy atom. The number of halogens is 3. The Morgan fingerprint density at radius 3 is 2.43 bits per heavy atom. The minimum Gasteiger partial charge on any atom is -0.492 e. The lowest BCUT2D eigenvalue weighted by Crippen LogP contribution is -2.08. The summed E-state index contributed by atoms with van der Waals surface area (Å²) in [6, 6.07) is 3.13. The van der Waals surface area contributed by atoms with Crippen molar-refractivity contribution in [2.45, 2.75) is 20.0 Å². The fraction of sp³-hybridized carbons (Fsp3) is 0.294. The molecule has 0 aliphatic carbocycles. The van der Waals surface area contributed by atoms with E-state index in [2.05, 4.69) is 6.58 Å². The van der Waals surface area contributed by atoms with Crippen LogP contribution in [0.4, 0.5) is 18.9 Å². The topological polar surface area (TPSA) is 44.5 Å². The highest BCUT2D eigenvalue weighted by Crippen LogP contribution is 2.35. The first-order chi connectivity index (χ1) is 10.8. The molecule has 1 aromatic carbocycles. The average molecular weight is 327 g/mol. The Labute approximate surface area is 133 Å². The Kier molecular flexibility index (Phi) is 6.30. The molecule has 0 unspecified atom stereocenters. The Hall–Kier alpha value is -2.37. The number of hydrogen-bond donors (Lipinski definition) is 1. The van der Waals surface area contributed by atoms with E-state index in [1.165, 1.54) is 19.3 Å². The summed E-state index contributed by atoms with van der Waals surface area (Å²) in [4.78, 5) is 0. The molecule has 0 aromatic heterocycles. The monoisotopic (exact) mass is 327 g/mol.